The van der Waals surface area contributed by atoms with Gasteiger partial charge in [0.25, 0.3) is 0 Å². The van der Waals surface area contributed by atoms with E-state index in [1.54, 1.807) is 0 Å². The Balaban J connectivity index is 2.93. The van der Waals surface area contributed by atoms with Gasteiger partial charge in [0.15, 0.2) is 0 Å². The molecule has 3 heteroatoms. The van der Waals surface area contributed by atoms with Crippen molar-refractivity contribution in [2.24, 2.45) is 0 Å². The van der Waals surface area contributed by atoms with Crippen LogP contribution in [0.3, 0.4) is 0 Å². The molecule has 0 fully saturated rings. The maximum absolute atomic E-state index is 9.01. The van der Waals surface area contributed by atoms with Crippen molar-refractivity contribution in [2.45, 2.75) is 64.4 Å². The van der Waals surface area contributed by atoms with Crippen molar-refractivity contribution in [1.29, 1.82) is 0 Å². The van der Waals surface area contributed by atoms with E-state index >= 15 is 0 Å². The lowest BCUT2D eigenvalue weighted by Gasteiger charge is -2.07. The maximum Gasteiger partial charge on any atom is 0.100 e. The normalized spacial score (nSPS) is 12.9. The van der Waals surface area contributed by atoms with Crippen LogP contribution in [0.15, 0.2) is 0 Å². The Hall–Kier alpha value is -0.120. The van der Waals surface area contributed by atoms with Crippen LogP contribution in [-0.2, 0) is 4.74 Å². The summed E-state index contributed by atoms with van der Waals surface area (Å²) in [5.74, 6) is 0. The van der Waals surface area contributed by atoms with Gasteiger partial charge in [-0.15, -0.1) is 0 Å². The highest BCUT2D eigenvalue weighted by Gasteiger charge is 2.00. The van der Waals surface area contributed by atoms with Crippen molar-refractivity contribution < 1.29 is 14.9 Å². The van der Waals surface area contributed by atoms with Crippen LogP contribution >= 0.6 is 0 Å². The van der Waals surface area contributed by atoms with E-state index in [0.29, 0.717) is 6.61 Å². The third-order valence-electron chi connectivity index (χ3n) is 2.66. The summed E-state index contributed by atoms with van der Waals surface area (Å²) in [6.07, 6.45) is 9.58. The first-order chi connectivity index (χ1) is 7.81. The molecule has 0 radical (unpaired) electrons. The highest BCUT2D eigenvalue weighted by Crippen LogP contribution is 2.08. The van der Waals surface area contributed by atoms with Crippen molar-refractivity contribution in [2.75, 3.05) is 19.8 Å². The van der Waals surface area contributed by atoms with Crippen LogP contribution < -0.4 is 0 Å². The molecular formula is C13H28O3. The Morgan fingerprint density at radius 3 is 2.06 bits per heavy atom. The quantitative estimate of drug-likeness (QED) is 0.508. The molecule has 3 nitrogen and oxygen atoms in total. The van der Waals surface area contributed by atoms with Crippen LogP contribution in [0.4, 0.5) is 0 Å². The molecule has 0 saturated heterocycles. The molecule has 0 aliphatic rings. The average Bonchev–Trinajstić information content (AvgIpc) is 2.31. The van der Waals surface area contributed by atoms with E-state index in [1.165, 1.54) is 44.9 Å². The summed E-state index contributed by atoms with van der Waals surface area (Å²) in [6.45, 7) is 2.98. The Labute approximate surface area is 99.8 Å². The maximum atomic E-state index is 9.01. The fourth-order valence-corrected chi connectivity index (χ4v) is 1.61. The lowest BCUT2D eigenvalue weighted by molar-refractivity contribution is 0.00526. The molecule has 0 amide bonds. The number of hydrogen-bond donors (Lipinski definition) is 2. The smallest absolute Gasteiger partial charge is 0.100 e. The SMILES string of the molecule is CCCCCCCCCCOC[C@H](O)CO. The van der Waals surface area contributed by atoms with E-state index in [-0.39, 0.29) is 13.2 Å². The summed E-state index contributed by atoms with van der Waals surface area (Å²) >= 11 is 0. The van der Waals surface area contributed by atoms with Crippen LogP contribution in [0.2, 0.25) is 0 Å². The minimum atomic E-state index is -0.714. The molecule has 0 heterocycles. The van der Waals surface area contributed by atoms with E-state index < -0.39 is 6.10 Å². The molecule has 0 aromatic rings. The summed E-state index contributed by atoms with van der Waals surface area (Å²) < 4.78 is 5.22. The number of unbranched alkanes of at least 4 members (excludes halogenated alkanes) is 7. The van der Waals surface area contributed by atoms with Crippen LogP contribution in [0.25, 0.3) is 0 Å². The molecule has 98 valence electrons. The molecule has 0 saturated carbocycles. The van der Waals surface area contributed by atoms with Gasteiger partial charge in [0.05, 0.1) is 13.2 Å². The van der Waals surface area contributed by atoms with Crippen molar-refractivity contribution in [1.82, 2.24) is 0 Å². The minimum Gasteiger partial charge on any atom is -0.394 e. The molecule has 0 aromatic heterocycles. The molecule has 16 heavy (non-hydrogen) atoms. The monoisotopic (exact) mass is 232 g/mol. The molecule has 0 bridgehead atoms. The number of rotatable bonds is 12. The van der Waals surface area contributed by atoms with Crippen molar-refractivity contribution in [3.63, 3.8) is 0 Å². The van der Waals surface area contributed by atoms with Crippen molar-refractivity contribution in [3.05, 3.63) is 0 Å². The fraction of sp³-hybridized carbons (Fsp3) is 1.00. The Kier molecular flexibility index (Phi) is 12.9. The van der Waals surface area contributed by atoms with Gasteiger partial charge in [-0.25, -0.2) is 0 Å². The Bertz CT molecular complexity index is 128. The van der Waals surface area contributed by atoms with E-state index in [9.17, 15) is 0 Å². The Morgan fingerprint density at radius 2 is 1.50 bits per heavy atom. The Morgan fingerprint density at radius 1 is 0.938 bits per heavy atom. The topological polar surface area (TPSA) is 49.7 Å². The van der Waals surface area contributed by atoms with Crippen molar-refractivity contribution in [3.8, 4) is 0 Å². The van der Waals surface area contributed by atoms with E-state index in [2.05, 4.69) is 6.92 Å². The third-order valence-corrected chi connectivity index (χ3v) is 2.66. The molecule has 0 aromatic carbocycles. The second kappa shape index (κ2) is 12.9. The predicted octanol–water partition coefficient (Wildman–Crippen LogP) is 2.50. The molecule has 0 aliphatic heterocycles. The molecule has 0 spiro atoms. The van der Waals surface area contributed by atoms with E-state index in [0.717, 1.165) is 6.42 Å². The zero-order chi connectivity index (χ0) is 12.1. The highest BCUT2D eigenvalue weighted by atomic mass is 16.5. The van der Waals surface area contributed by atoms with Crippen LogP contribution in [0.5, 0.6) is 0 Å². The number of hydrogen-bond acceptors (Lipinski definition) is 3. The van der Waals surface area contributed by atoms with Crippen LogP contribution in [0.1, 0.15) is 58.3 Å². The first-order valence-electron chi connectivity index (χ1n) is 6.68. The molecule has 0 unspecified atom stereocenters. The molecule has 0 aliphatic carbocycles. The van der Waals surface area contributed by atoms with Gasteiger partial charge in [-0.2, -0.15) is 0 Å². The molecule has 2 N–H and O–H groups in total. The lowest BCUT2D eigenvalue weighted by Crippen LogP contribution is -2.19. The van der Waals surface area contributed by atoms with E-state index in [4.69, 9.17) is 14.9 Å². The van der Waals surface area contributed by atoms with Crippen LogP contribution in [-0.4, -0.2) is 36.1 Å². The van der Waals surface area contributed by atoms with Gasteiger partial charge < -0.3 is 14.9 Å². The second-order valence-electron chi connectivity index (χ2n) is 4.39. The van der Waals surface area contributed by atoms with Gasteiger partial charge in [0.2, 0.25) is 0 Å². The molecular weight excluding hydrogens is 204 g/mol. The number of aliphatic hydroxyl groups excluding tert-OH is 2. The van der Waals surface area contributed by atoms with Gasteiger partial charge in [-0.1, -0.05) is 51.9 Å². The zero-order valence-electron chi connectivity index (χ0n) is 10.7. The zero-order valence-corrected chi connectivity index (χ0v) is 10.7. The fourth-order valence-electron chi connectivity index (χ4n) is 1.61. The highest BCUT2D eigenvalue weighted by molar-refractivity contribution is 4.49. The van der Waals surface area contributed by atoms with Gasteiger partial charge in [0.1, 0.15) is 6.10 Å². The predicted molar refractivity (Wildman–Crippen MR) is 66.5 cm³/mol. The minimum absolute atomic E-state index is 0.211. The standard InChI is InChI=1S/C13H28O3/c1-2-3-4-5-6-7-8-9-10-16-12-13(15)11-14/h13-15H,2-12H2,1H3/t13-/m1/s1. The summed E-state index contributed by atoms with van der Waals surface area (Å²) in [4.78, 5) is 0. The van der Waals surface area contributed by atoms with E-state index in [1.807, 2.05) is 0 Å². The second-order valence-corrected chi connectivity index (χ2v) is 4.39. The first-order valence-corrected chi connectivity index (χ1v) is 6.68. The number of ether oxygens (including phenoxy) is 1. The average molecular weight is 232 g/mol. The van der Waals surface area contributed by atoms with Gasteiger partial charge in [-0.05, 0) is 6.42 Å². The summed E-state index contributed by atoms with van der Waals surface area (Å²) in [5.41, 5.74) is 0. The number of aliphatic hydroxyl groups is 2. The summed E-state index contributed by atoms with van der Waals surface area (Å²) in [5, 5.41) is 17.6. The largest absolute Gasteiger partial charge is 0.394 e. The van der Waals surface area contributed by atoms with Crippen molar-refractivity contribution >= 4 is 0 Å². The molecule has 1 atom stereocenters. The van der Waals surface area contributed by atoms with Gasteiger partial charge in [0, 0.05) is 6.61 Å². The summed E-state index contributed by atoms with van der Waals surface area (Å²) in [6, 6.07) is 0. The van der Waals surface area contributed by atoms with Gasteiger partial charge in [-0.3, -0.25) is 0 Å². The van der Waals surface area contributed by atoms with Gasteiger partial charge >= 0.3 is 0 Å². The molecule has 0 rings (SSSR count). The third kappa shape index (κ3) is 12.0. The summed E-state index contributed by atoms with van der Waals surface area (Å²) in [7, 11) is 0. The first kappa shape index (κ1) is 15.9. The van der Waals surface area contributed by atoms with Crippen LogP contribution in [0, 0.1) is 0 Å². The lowest BCUT2D eigenvalue weighted by atomic mass is 10.1.